The van der Waals surface area contributed by atoms with Gasteiger partial charge in [-0.1, -0.05) is 42.6 Å². The summed E-state index contributed by atoms with van der Waals surface area (Å²) in [4.78, 5) is 26.0. The van der Waals surface area contributed by atoms with E-state index in [1.165, 1.54) is 31.8 Å². The number of aliphatic carboxylic acids is 1. The minimum atomic E-state index is -1.07. The zero-order chi connectivity index (χ0) is 17.1. The van der Waals surface area contributed by atoms with E-state index in [-0.39, 0.29) is 17.9 Å². The van der Waals surface area contributed by atoms with Crippen molar-refractivity contribution in [3.8, 4) is 0 Å². The molecule has 2 aliphatic rings. The molecule has 1 saturated heterocycles. The SMILES string of the molecule is O=C(O)/C(=C/c1ccccc1Cl)CC(=O)N1CC2CCCCC2C1. The van der Waals surface area contributed by atoms with Gasteiger partial charge in [-0.25, -0.2) is 4.79 Å². The lowest BCUT2D eigenvalue weighted by Gasteiger charge is -2.22. The molecule has 128 valence electrons. The van der Waals surface area contributed by atoms with Gasteiger partial charge in [0, 0.05) is 23.7 Å². The van der Waals surface area contributed by atoms with Gasteiger partial charge in [0.15, 0.2) is 0 Å². The van der Waals surface area contributed by atoms with Crippen molar-refractivity contribution in [2.45, 2.75) is 32.1 Å². The fourth-order valence-electron chi connectivity index (χ4n) is 3.85. The molecule has 1 aliphatic heterocycles. The molecule has 1 saturated carbocycles. The molecule has 0 bridgehead atoms. The second-order valence-electron chi connectivity index (χ2n) is 6.78. The maximum atomic E-state index is 12.6. The Bertz CT molecular complexity index is 656. The van der Waals surface area contributed by atoms with E-state index in [2.05, 4.69) is 0 Å². The molecule has 1 aromatic carbocycles. The van der Waals surface area contributed by atoms with Crippen LogP contribution in [0, 0.1) is 11.8 Å². The summed E-state index contributed by atoms with van der Waals surface area (Å²) in [7, 11) is 0. The number of likely N-dealkylation sites (tertiary alicyclic amines) is 1. The molecule has 0 aromatic heterocycles. The van der Waals surface area contributed by atoms with Crippen molar-refractivity contribution in [2.75, 3.05) is 13.1 Å². The van der Waals surface area contributed by atoms with Gasteiger partial charge in [0.2, 0.25) is 5.91 Å². The molecule has 0 radical (unpaired) electrons. The lowest BCUT2D eigenvalue weighted by atomic mass is 9.82. The molecule has 0 spiro atoms. The maximum absolute atomic E-state index is 12.6. The number of nitrogens with zero attached hydrogens (tertiary/aromatic N) is 1. The lowest BCUT2D eigenvalue weighted by molar-refractivity contribution is -0.136. The van der Waals surface area contributed by atoms with Crippen LogP contribution in [0.1, 0.15) is 37.7 Å². The first-order chi connectivity index (χ1) is 11.5. The molecule has 5 heteroatoms. The van der Waals surface area contributed by atoms with Crippen molar-refractivity contribution in [3.63, 3.8) is 0 Å². The number of hydrogen-bond donors (Lipinski definition) is 1. The van der Waals surface area contributed by atoms with Crippen molar-refractivity contribution < 1.29 is 14.7 Å². The summed E-state index contributed by atoms with van der Waals surface area (Å²) in [6.07, 6.45) is 6.29. The van der Waals surface area contributed by atoms with Gasteiger partial charge in [0.1, 0.15) is 0 Å². The van der Waals surface area contributed by atoms with Gasteiger partial charge in [0.25, 0.3) is 0 Å². The molecule has 1 aromatic rings. The van der Waals surface area contributed by atoms with E-state index >= 15 is 0 Å². The first kappa shape index (κ1) is 17.0. The number of amides is 1. The minimum Gasteiger partial charge on any atom is -0.478 e. The second-order valence-corrected chi connectivity index (χ2v) is 7.18. The zero-order valence-corrected chi connectivity index (χ0v) is 14.3. The highest BCUT2D eigenvalue weighted by Gasteiger charge is 2.36. The number of carboxylic acid groups (broad SMARTS) is 1. The van der Waals surface area contributed by atoms with Gasteiger partial charge in [0.05, 0.1) is 6.42 Å². The number of hydrogen-bond acceptors (Lipinski definition) is 2. The van der Waals surface area contributed by atoms with E-state index in [0.29, 0.717) is 22.4 Å². The normalized spacial score (nSPS) is 23.9. The van der Waals surface area contributed by atoms with Crippen molar-refractivity contribution in [1.29, 1.82) is 0 Å². The van der Waals surface area contributed by atoms with Crippen LogP contribution in [0.25, 0.3) is 6.08 Å². The number of halogens is 1. The molecule has 1 amide bonds. The molecule has 1 N–H and O–H groups in total. The molecule has 1 aliphatic carbocycles. The fraction of sp³-hybridized carbons (Fsp3) is 0.474. The molecule has 3 rings (SSSR count). The van der Waals surface area contributed by atoms with Crippen LogP contribution in [0.4, 0.5) is 0 Å². The number of rotatable bonds is 4. The summed E-state index contributed by atoms with van der Waals surface area (Å²) >= 11 is 6.09. The Balaban J connectivity index is 1.71. The molecular formula is C19H22ClNO3. The summed E-state index contributed by atoms with van der Waals surface area (Å²) in [5.41, 5.74) is 0.711. The van der Waals surface area contributed by atoms with E-state index in [1.807, 2.05) is 4.90 Å². The van der Waals surface area contributed by atoms with E-state index < -0.39 is 5.97 Å². The first-order valence-electron chi connectivity index (χ1n) is 8.51. The van der Waals surface area contributed by atoms with E-state index in [9.17, 15) is 14.7 Å². The molecule has 2 fully saturated rings. The van der Waals surface area contributed by atoms with Crippen LogP contribution < -0.4 is 0 Å². The molecule has 4 nitrogen and oxygen atoms in total. The Hall–Kier alpha value is -1.81. The molecule has 1 heterocycles. The molecular weight excluding hydrogens is 326 g/mol. The summed E-state index contributed by atoms with van der Waals surface area (Å²) in [5.74, 6) is 0.0389. The third kappa shape index (κ3) is 3.81. The fourth-order valence-corrected chi connectivity index (χ4v) is 4.04. The van der Waals surface area contributed by atoms with Crippen molar-refractivity contribution in [2.24, 2.45) is 11.8 Å². The maximum Gasteiger partial charge on any atom is 0.332 e. The highest BCUT2D eigenvalue weighted by Crippen LogP contribution is 2.36. The van der Waals surface area contributed by atoms with E-state index in [1.54, 1.807) is 24.3 Å². The van der Waals surface area contributed by atoms with Crippen molar-refractivity contribution in [1.82, 2.24) is 4.90 Å². The van der Waals surface area contributed by atoms with Crippen LogP contribution >= 0.6 is 11.6 Å². The van der Waals surface area contributed by atoms with E-state index in [4.69, 9.17) is 11.6 Å². The Kier molecular flexibility index (Phi) is 5.24. The highest BCUT2D eigenvalue weighted by atomic mass is 35.5. The minimum absolute atomic E-state index is 0.0833. The summed E-state index contributed by atoms with van der Waals surface area (Å²) in [6, 6.07) is 7.04. The average molecular weight is 348 g/mol. The number of benzene rings is 1. The third-order valence-electron chi connectivity index (χ3n) is 5.18. The van der Waals surface area contributed by atoms with Crippen molar-refractivity contribution in [3.05, 3.63) is 40.4 Å². The van der Waals surface area contributed by atoms with Crippen LogP contribution in [0.2, 0.25) is 5.02 Å². The number of carbonyl (C=O) groups is 2. The number of fused-ring (bicyclic) bond motifs is 1. The predicted molar refractivity (Wildman–Crippen MR) is 93.7 cm³/mol. The Morgan fingerprint density at radius 2 is 1.79 bits per heavy atom. The van der Waals surface area contributed by atoms with Crippen LogP contribution in [-0.2, 0) is 9.59 Å². The summed E-state index contributed by atoms with van der Waals surface area (Å²) in [5, 5.41) is 9.92. The quantitative estimate of drug-likeness (QED) is 0.842. The van der Waals surface area contributed by atoms with Gasteiger partial charge in [-0.15, -0.1) is 0 Å². The van der Waals surface area contributed by atoms with Gasteiger partial charge >= 0.3 is 5.97 Å². The molecule has 2 atom stereocenters. The van der Waals surface area contributed by atoms with Gasteiger partial charge in [-0.2, -0.15) is 0 Å². The monoisotopic (exact) mass is 347 g/mol. The molecule has 24 heavy (non-hydrogen) atoms. The van der Waals surface area contributed by atoms with E-state index in [0.717, 1.165) is 13.1 Å². The second kappa shape index (κ2) is 7.39. The molecule has 2 unspecified atom stereocenters. The standard InChI is InChI=1S/C19H22ClNO3/c20-17-8-4-3-5-13(17)9-16(19(23)24)10-18(22)21-11-14-6-1-2-7-15(14)12-21/h3-5,8-9,14-15H,1-2,6-7,10-12H2,(H,23,24)/b16-9+. The number of carbonyl (C=O) groups excluding carboxylic acids is 1. The Morgan fingerprint density at radius 1 is 1.17 bits per heavy atom. The average Bonchev–Trinajstić information content (AvgIpc) is 3.00. The van der Waals surface area contributed by atoms with Crippen LogP contribution in [0.5, 0.6) is 0 Å². The van der Waals surface area contributed by atoms with Crippen LogP contribution in [0.3, 0.4) is 0 Å². The lowest BCUT2D eigenvalue weighted by Crippen LogP contribution is -2.29. The number of carboxylic acids is 1. The Morgan fingerprint density at radius 3 is 2.38 bits per heavy atom. The smallest absolute Gasteiger partial charge is 0.332 e. The van der Waals surface area contributed by atoms with Gasteiger partial charge in [-0.05, 0) is 42.4 Å². The zero-order valence-electron chi connectivity index (χ0n) is 13.6. The van der Waals surface area contributed by atoms with Crippen LogP contribution in [-0.4, -0.2) is 35.0 Å². The Labute approximate surface area is 147 Å². The third-order valence-corrected chi connectivity index (χ3v) is 5.52. The predicted octanol–water partition coefficient (Wildman–Crippen LogP) is 3.85. The highest BCUT2D eigenvalue weighted by molar-refractivity contribution is 6.32. The van der Waals surface area contributed by atoms with Crippen LogP contribution in [0.15, 0.2) is 29.8 Å². The summed E-state index contributed by atoms with van der Waals surface area (Å²) < 4.78 is 0. The first-order valence-corrected chi connectivity index (χ1v) is 8.88. The van der Waals surface area contributed by atoms with Gasteiger partial charge in [-0.3, -0.25) is 4.79 Å². The summed E-state index contributed by atoms with van der Waals surface area (Å²) in [6.45, 7) is 1.56. The van der Waals surface area contributed by atoms with Gasteiger partial charge < -0.3 is 10.0 Å². The van der Waals surface area contributed by atoms with Crippen molar-refractivity contribution >= 4 is 29.6 Å². The topological polar surface area (TPSA) is 57.6 Å². The largest absolute Gasteiger partial charge is 0.478 e.